The second-order valence-corrected chi connectivity index (χ2v) is 12.9. The van der Waals surface area contributed by atoms with Gasteiger partial charge < -0.3 is 5.11 Å². The molecule has 182 valence electrons. The number of aldehydes is 1. The van der Waals surface area contributed by atoms with Gasteiger partial charge in [0.05, 0.1) is 6.10 Å². The van der Waals surface area contributed by atoms with Gasteiger partial charge in [0.2, 0.25) is 0 Å². The Morgan fingerprint density at radius 1 is 1.18 bits per heavy atom. The van der Waals surface area contributed by atoms with Gasteiger partial charge in [-0.3, -0.25) is 9.59 Å². The molecule has 1 N–H and O–H groups in total. The van der Waals surface area contributed by atoms with Crippen LogP contribution in [0.3, 0.4) is 0 Å². The van der Waals surface area contributed by atoms with Crippen LogP contribution in [0.2, 0.25) is 0 Å². The van der Waals surface area contributed by atoms with E-state index in [4.69, 9.17) is 0 Å². The van der Waals surface area contributed by atoms with Crippen LogP contribution < -0.4 is 0 Å². The molecule has 2 saturated carbocycles. The Balaban J connectivity index is 1.69. The smallest absolute Gasteiger partial charge is 0.145 e. The summed E-state index contributed by atoms with van der Waals surface area (Å²) in [5.41, 5.74) is 3.06. The van der Waals surface area contributed by atoms with Crippen molar-refractivity contribution in [3.05, 3.63) is 34.9 Å². The molecule has 0 radical (unpaired) electrons. The van der Waals surface area contributed by atoms with Crippen LogP contribution in [0.25, 0.3) is 0 Å². The van der Waals surface area contributed by atoms with Crippen LogP contribution in [0, 0.1) is 39.4 Å². The van der Waals surface area contributed by atoms with E-state index in [1.54, 1.807) is 0 Å². The third kappa shape index (κ3) is 3.32. The standard InChI is InChI=1S/C30H44O3/c1-19(18-31)9-8-10-20(2)23-17-26(33)30(7)22-11-12-24-27(3,4)25(32)14-15-28(24,5)21(22)13-16-29(23,30)6/h9,11,13,18,20,23-24,26,33H,8,10,12,14-17H2,1-7H3/t20-,23-,24+,26+,28-,29-,30-/m1/s1. The van der Waals surface area contributed by atoms with Crippen LogP contribution in [0.1, 0.15) is 93.4 Å². The summed E-state index contributed by atoms with van der Waals surface area (Å²) in [7, 11) is 0. The molecule has 4 aliphatic rings. The lowest BCUT2D eigenvalue weighted by atomic mass is 9.44. The minimum atomic E-state index is -0.351. The van der Waals surface area contributed by atoms with Crippen molar-refractivity contribution < 1.29 is 14.7 Å². The summed E-state index contributed by atoms with van der Waals surface area (Å²) in [5.74, 6) is 1.66. The summed E-state index contributed by atoms with van der Waals surface area (Å²) in [6.45, 7) is 15.6. The molecule has 0 heterocycles. The summed E-state index contributed by atoms with van der Waals surface area (Å²) in [4.78, 5) is 23.7. The first-order chi connectivity index (χ1) is 15.3. The Morgan fingerprint density at radius 2 is 1.88 bits per heavy atom. The Hall–Kier alpha value is -1.48. The van der Waals surface area contributed by atoms with Gasteiger partial charge in [-0.2, -0.15) is 0 Å². The number of allylic oxidation sites excluding steroid dienone is 5. The number of Topliss-reactive ketones (excluding diaryl/α,β-unsaturated/α-hetero) is 1. The van der Waals surface area contributed by atoms with Crippen LogP contribution in [-0.2, 0) is 9.59 Å². The molecule has 0 aromatic heterocycles. The Morgan fingerprint density at radius 3 is 2.55 bits per heavy atom. The molecule has 0 unspecified atom stereocenters. The summed E-state index contributed by atoms with van der Waals surface area (Å²) < 4.78 is 0. The fourth-order valence-corrected chi connectivity index (χ4v) is 8.58. The molecule has 0 aromatic rings. The average molecular weight is 453 g/mol. The number of carbonyl (C=O) groups excluding carboxylic acids is 2. The highest BCUT2D eigenvalue weighted by Gasteiger charge is 2.66. The maximum Gasteiger partial charge on any atom is 0.145 e. The van der Waals surface area contributed by atoms with Crippen molar-refractivity contribution in [2.75, 3.05) is 0 Å². The van der Waals surface area contributed by atoms with Crippen molar-refractivity contribution in [2.24, 2.45) is 39.4 Å². The fourth-order valence-electron chi connectivity index (χ4n) is 8.58. The number of hydrogen-bond acceptors (Lipinski definition) is 3. The largest absolute Gasteiger partial charge is 0.392 e. The van der Waals surface area contributed by atoms with Gasteiger partial charge in [0.15, 0.2) is 0 Å². The Labute approximate surface area is 200 Å². The SMILES string of the molecule is CC(C=O)=CCC[C@@H](C)[C@H]1C[C@H](O)[C@@]2(C)C3=CC[C@H]4C(C)(C)C(=O)CC[C@]4(C)C3=CC[C@]12C. The maximum absolute atomic E-state index is 12.8. The molecule has 3 heteroatoms. The molecular formula is C30H44O3. The molecule has 4 rings (SSSR count). The number of carbonyl (C=O) groups is 2. The van der Waals surface area contributed by atoms with E-state index in [2.05, 4.69) is 53.7 Å². The monoisotopic (exact) mass is 452 g/mol. The zero-order valence-electron chi connectivity index (χ0n) is 21.8. The predicted octanol–water partition coefficient (Wildman–Crippen LogP) is 6.61. The molecular weight excluding hydrogens is 408 g/mol. The van der Waals surface area contributed by atoms with Crippen molar-refractivity contribution in [1.29, 1.82) is 0 Å². The van der Waals surface area contributed by atoms with Gasteiger partial charge in [0, 0.05) is 17.3 Å². The van der Waals surface area contributed by atoms with E-state index in [0.29, 0.717) is 30.0 Å². The molecule has 7 atom stereocenters. The van der Waals surface area contributed by atoms with Gasteiger partial charge in [-0.05, 0) is 90.8 Å². The van der Waals surface area contributed by atoms with E-state index >= 15 is 0 Å². The zero-order valence-corrected chi connectivity index (χ0v) is 21.8. The lowest BCUT2D eigenvalue weighted by Gasteiger charge is -2.60. The number of hydrogen-bond donors (Lipinski definition) is 1. The van der Waals surface area contributed by atoms with Crippen molar-refractivity contribution in [3.8, 4) is 0 Å². The molecule has 0 amide bonds. The van der Waals surface area contributed by atoms with E-state index < -0.39 is 0 Å². The first kappa shape index (κ1) is 24.6. The minimum absolute atomic E-state index is 0.00636. The predicted molar refractivity (Wildman–Crippen MR) is 134 cm³/mol. The molecule has 3 nitrogen and oxygen atoms in total. The second-order valence-electron chi connectivity index (χ2n) is 12.9. The maximum atomic E-state index is 12.8. The summed E-state index contributed by atoms with van der Waals surface area (Å²) in [6.07, 6.45) is 13.8. The van der Waals surface area contributed by atoms with Crippen molar-refractivity contribution in [1.82, 2.24) is 0 Å². The van der Waals surface area contributed by atoms with E-state index in [-0.39, 0.29) is 27.8 Å². The normalized spacial score (nSPS) is 43.1. The molecule has 33 heavy (non-hydrogen) atoms. The third-order valence-corrected chi connectivity index (χ3v) is 11.1. The highest BCUT2D eigenvalue weighted by molar-refractivity contribution is 5.86. The lowest BCUT2D eigenvalue weighted by Crippen LogP contribution is -2.54. The summed E-state index contributed by atoms with van der Waals surface area (Å²) >= 11 is 0. The van der Waals surface area contributed by atoms with Gasteiger partial charge in [-0.15, -0.1) is 0 Å². The molecule has 0 spiro atoms. The van der Waals surface area contributed by atoms with Crippen LogP contribution in [0.4, 0.5) is 0 Å². The number of ketones is 1. The number of aliphatic hydroxyl groups is 1. The first-order valence-electron chi connectivity index (χ1n) is 13.1. The average Bonchev–Trinajstić information content (AvgIpc) is 2.98. The molecule has 0 aromatic carbocycles. The highest BCUT2D eigenvalue weighted by atomic mass is 16.3. The fraction of sp³-hybridized carbons (Fsp3) is 0.733. The van der Waals surface area contributed by atoms with Crippen LogP contribution in [0.15, 0.2) is 34.9 Å². The topological polar surface area (TPSA) is 54.4 Å². The van der Waals surface area contributed by atoms with Gasteiger partial charge >= 0.3 is 0 Å². The van der Waals surface area contributed by atoms with Gasteiger partial charge in [-0.25, -0.2) is 0 Å². The zero-order chi connectivity index (χ0) is 24.4. The first-order valence-corrected chi connectivity index (χ1v) is 13.1. The summed E-state index contributed by atoms with van der Waals surface area (Å²) in [5, 5.41) is 11.6. The number of fused-ring (bicyclic) bond motifs is 5. The second kappa shape index (κ2) is 8.04. The van der Waals surface area contributed by atoms with Crippen LogP contribution in [-0.4, -0.2) is 23.3 Å². The van der Waals surface area contributed by atoms with Crippen molar-refractivity contribution >= 4 is 12.1 Å². The molecule has 0 aliphatic heterocycles. The van der Waals surface area contributed by atoms with Crippen LogP contribution >= 0.6 is 0 Å². The lowest BCUT2D eigenvalue weighted by molar-refractivity contribution is -0.138. The third-order valence-electron chi connectivity index (χ3n) is 11.1. The van der Waals surface area contributed by atoms with Crippen molar-refractivity contribution in [2.45, 2.75) is 99.5 Å². The molecule has 0 bridgehead atoms. The Kier molecular flexibility index (Phi) is 6.00. The van der Waals surface area contributed by atoms with Crippen molar-refractivity contribution in [3.63, 3.8) is 0 Å². The minimum Gasteiger partial charge on any atom is -0.392 e. The van der Waals surface area contributed by atoms with Gasteiger partial charge in [0.25, 0.3) is 0 Å². The number of rotatable bonds is 5. The van der Waals surface area contributed by atoms with E-state index in [1.165, 1.54) is 11.1 Å². The van der Waals surface area contributed by atoms with Gasteiger partial charge in [-0.1, -0.05) is 59.8 Å². The molecule has 2 fully saturated rings. The number of aliphatic hydroxyl groups excluding tert-OH is 1. The van der Waals surface area contributed by atoms with E-state index in [9.17, 15) is 14.7 Å². The highest BCUT2D eigenvalue weighted by Crippen LogP contribution is 2.71. The van der Waals surface area contributed by atoms with E-state index in [1.807, 2.05) is 13.0 Å². The Bertz CT molecular complexity index is 936. The van der Waals surface area contributed by atoms with E-state index in [0.717, 1.165) is 50.4 Å². The van der Waals surface area contributed by atoms with Gasteiger partial charge in [0.1, 0.15) is 12.1 Å². The van der Waals surface area contributed by atoms with Crippen LogP contribution in [0.5, 0.6) is 0 Å². The molecule has 0 saturated heterocycles. The molecule has 4 aliphatic carbocycles. The quantitative estimate of drug-likeness (QED) is 0.377. The summed E-state index contributed by atoms with van der Waals surface area (Å²) in [6, 6.07) is 0.